The average molecular weight is 337 g/mol. The van der Waals surface area contributed by atoms with Crippen LogP contribution in [0.5, 0.6) is 17.5 Å². The Morgan fingerprint density at radius 2 is 1.87 bits per heavy atom. The Morgan fingerprint density at radius 1 is 1.13 bits per heavy atom. The number of benzene rings is 1. The van der Waals surface area contributed by atoms with Crippen molar-refractivity contribution in [1.82, 2.24) is 14.3 Å². The van der Waals surface area contributed by atoms with Crippen LogP contribution < -0.4 is 14.7 Å². The molecule has 1 aromatic carbocycles. The third-order valence-electron chi connectivity index (χ3n) is 2.77. The van der Waals surface area contributed by atoms with E-state index in [4.69, 9.17) is 13.4 Å². The van der Waals surface area contributed by atoms with Crippen molar-refractivity contribution < 1.29 is 22.2 Å². The predicted molar refractivity (Wildman–Crippen MR) is 77.4 cm³/mol. The zero-order valence-electron chi connectivity index (χ0n) is 12.1. The van der Waals surface area contributed by atoms with Crippen molar-refractivity contribution in [3.05, 3.63) is 52.3 Å². The van der Waals surface area contributed by atoms with Gasteiger partial charge in [0.1, 0.15) is 11.4 Å². The Labute approximate surface area is 132 Å². The molecule has 0 bridgehead atoms. The minimum absolute atomic E-state index is 0.169. The topological polar surface area (TPSA) is 110 Å². The van der Waals surface area contributed by atoms with Crippen LogP contribution in [-0.2, 0) is 11.3 Å². The molecule has 10 heteroatoms. The van der Waals surface area contributed by atoms with E-state index < -0.39 is 17.0 Å². The highest BCUT2D eigenvalue weighted by Crippen LogP contribution is 2.24. The van der Waals surface area contributed by atoms with Crippen LogP contribution in [-0.4, -0.2) is 18.5 Å². The molecule has 1 unspecified atom stereocenters. The maximum Gasteiger partial charge on any atom is 0.459 e. The van der Waals surface area contributed by atoms with Crippen molar-refractivity contribution in [2.45, 2.75) is 13.8 Å². The lowest BCUT2D eigenvalue weighted by atomic mass is 10.3. The van der Waals surface area contributed by atoms with Gasteiger partial charge in [0.25, 0.3) is 0 Å². The summed E-state index contributed by atoms with van der Waals surface area (Å²) < 4.78 is 32.9. The second-order valence-electron chi connectivity index (χ2n) is 4.39. The summed E-state index contributed by atoms with van der Waals surface area (Å²) in [5, 5.41) is 7.12. The maximum absolute atomic E-state index is 12.3. The summed E-state index contributed by atoms with van der Waals surface area (Å²) in [5.74, 6) is -0.0992. The van der Waals surface area contributed by atoms with Gasteiger partial charge in [-0.1, -0.05) is 23.4 Å². The van der Waals surface area contributed by atoms with Gasteiger partial charge in [0, 0.05) is 6.92 Å². The summed E-state index contributed by atoms with van der Waals surface area (Å²) in [6.07, 6.45) is 0. The maximum atomic E-state index is 12.3. The first-order valence-electron chi connectivity index (χ1n) is 6.41. The highest BCUT2D eigenvalue weighted by Gasteiger charge is 2.23. The van der Waals surface area contributed by atoms with Crippen LogP contribution in [0.25, 0.3) is 0 Å². The van der Waals surface area contributed by atoms with Crippen molar-refractivity contribution in [3.63, 3.8) is 0 Å². The standard InChI is InChI=1S/C13H11N3O6S/c1-8-11(9(2)20-14-8)22-23(18)16-12(15-21-13(16)17)19-10-6-4-3-5-7-10/h3-7H,1-2H3. The molecule has 0 radical (unpaired) electrons. The molecular formula is C13H11N3O6S. The lowest BCUT2D eigenvalue weighted by Crippen LogP contribution is -2.22. The Morgan fingerprint density at radius 3 is 2.52 bits per heavy atom. The quantitative estimate of drug-likeness (QED) is 0.692. The number of ether oxygens (including phenoxy) is 1. The molecule has 2 aromatic heterocycles. The molecule has 0 saturated carbocycles. The largest absolute Gasteiger partial charge is 0.459 e. The number of para-hydroxylation sites is 1. The fourth-order valence-corrected chi connectivity index (χ4v) is 2.52. The SMILES string of the molecule is Cc1noc(C)c1OS(=O)n1c(Oc2ccccc2)noc1=O. The molecule has 0 amide bonds. The number of aryl methyl sites for hydroxylation is 2. The second-order valence-corrected chi connectivity index (χ2v) is 5.36. The van der Waals surface area contributed by atoms with Gasteiger partial charge in [0.05, 0.1) is 0 Å². The van der Waals surface area contributed by atoms with E-state index in [0.717, 1.165) is 0 Å². The van der Waals surface area contributed by atoms with Crippen molar-refractivity contribution in [2.24, 2.45) is 0 Å². The van der Waals surface area contributed by atoms with E-state index in [1.807, 2.05) is 0 Å². The summed E-state index contributed by atoms with van der Waals surface area (Å²) >= 11 is -2.28. The first-order chi connectivity index (χ1) is 11.1. The fraction of sp³-hybridized carbons (Fsp3) is 0.154. The zero-order valence-corrected chi connectivity index (χ0v) is 12.9. The number of hydrogen-bond donors (Lipinski definition) is 0. The molecule has 0 aliphatic rings. The van der Waals surface area contributed by atoms with Crippen molar-refractivity contribution >= 4 is 11.3 Å². The average Bonchev–Trinajstić information content (AvgIpc) is 3.05. The van der Waals surface area contributed by atoms with Gasteiger partial charge in [-0.2, -0.15) is 4.21 Å². The molecule has 0 N–H and O–H groups in total. The monoisotopic (exact) mass is 337 g/mol. The highest BCUT2D eigenvalue weighted by molar-refractivity contribution is 7.79. The molecule has 2 heterocycles. The van der Waals surface area contributed by atoms with Gasteiger partial charge < -0.3 is 13.4 Å². The van der Waals surface area contributed by atoms with Crippen LogP contribution in [0, 0.1) is 13.8 Å². The molecule has 3 aromatic rings. The van der Waals surface area contributed by atoms with Gasteiger partial charge in [-0.15, -0.1) is 3.97 Å². The summed E-state index contributed by atoms with van der Waals surface area (Å²) in [5.41, 5.74) is 0.394. The van der Waals surface area contributed by atoms with Crippen LogP contribution in [0.4, 0.5) is 0 Å². The smallest absolute Gasteiger partial charge is 0.423 e. The molecule has 3 rings (SSSR count). The van der Waals surface area contributed by atoms with E-state index in [1.54, 1.807) is 44.2 Å². The minimum Gasteiger partial charge on any atom is -0.423 e. The lowest BCUT2D eigenvalue weighted by Gasteiger charge is -2.05. The third-order valence-corrected chi connectivity index (χ3v) is 3.68. The van der Waals surface area contributed by atoms with Gasteiger partial charge in [0.15, 0.2) is 5.76 Å². The van der Waals surface area contributed by atoms with Gasteiger partial charge in [-0.3, -0.25) is 4.52 Å². The predicted octanol–water partition coefficient (Wildman–Crippen LogP) is 1.74. The van der Waals surface area contributed by atoms with E-state index in [1.165, 1.54) is 0 Å². The first-order valence-corrected chi connectivity index (χ1v) is 7.44. The van der Waals surface area contributed by atoms with E-state index in [9.17, 15) is 9.00 Å². The lowest BCUT2D eigenvalue weighted by molar-refractivity contribution is 0.351. The van der Waals surface area contributed by atoms with Crippen LogP contribution in [0.3, 0.4) is 0 Å². The van der Waals surface area contributed by atoms with Crippen LogP contribution in [0.2, 0.25) is 0 Å². The van der Waals surface area contributed by atoms with Crippen molar-refractivity contribution in [2.75, 3.05) is 0 Å². The number of rotatable bonds is 5. The first kappa shape index (κ1) is 15.0. The fourth-order valence-electron chi connectivity index (χ4n) is 1.71. The molecule has 0 spiro atoms. The van der Waals surface area contributed by atoms with E-state index in [2.05, 4.69) is 14.8 Å². The molecule has 120 valence electrons. The van der Waals surface area contributed by atoms with Crippen LogP contribution >= 0.6 is 0 Å². The summed E-state index contributed by atoms with van der Waals surface area (Å²) in [6.45, 7) is 3.20. The molecule has 0 saturated heterocycles. The van der Waals surface area contributed by atoms with Gasteiger partial charge in [0.2, 0.25) is 5.75 Å². The summed E-state index contributed by atoms with van der Waals surface area (Å²) in [6, 6.07) is 8.24. The number of nitrogens with zero attached hydrogens (tertiary/aromatic N) is 3. The molecule has 1 atom stereocenters. The minimum atomic E-state index is -2.28. The van der Waals surface area contributed by atoms with Gasteiger partial charge in [-0.25, -0.2) is 4.79 Å². The molecule has 23 heavy (non-hydrogen) atoms. The van der Waals surface area contributed by atoms with Crippen LogP contribution in [0.15, 0.2) is 44.2 Å². The van der Waals surface area contributed by atoms with E-state index >= 15 is 0 Å². The Hall–Kier alpha value is -2.88. The van der Waals surface area contributed by atoms with Crippen molar-refractivity contribution in [3.8, 4) is 17.5 Å². The van der Waals surface area contributed by atoms with Gasteiger partial charge in [-0.05, 0) is 24.2 Å². The summed E-state index contributed by atoms with van der Waals surface area (Å²) in [7, 11) is 0. The van der Waals surface area contributed by atoms with Crippen molar-refractivity contribution in [1.29, 1.82) is 0 Å². The van der Waals surface area contributed by atoms with E-state index in [-0.39, 0.29) is 11.8 Å². The molecule has 0 aliphatic carbocycles. The highest BCUT2D eigenvalue weighted by atomic mass is 32.2. The molecule has 0 fully saturated rings. The third kappa shape index (κ3) is 3.01. The number of hydrogen-bond acceptors (Lipinski definition) is 8. The van der Waals surface area contributed by atoms with Crippen LogP contribution in [0.1, 0.15) is 11.5 Å². The number of aromatic nitrogens is 3. The normalized spacial score (nSPS) is 12.1. The molecule has 0 aliphatic heterocycles. The Balaban J connectivity index is 1.89. The zero-order chi connectivity index (χ0) is 16.4. The second kappa shape index (κ2) is 6.08. The van der Waals surface area contributed by atoms with Gasteiger partial charge >= 0.3 is 23.0 Å². The summed E-state index contributed by atoms with van der Waals surface area (Å²) in [4.78, 5) is 11.7. The molecular weight excluding hydrogens is 326 g/mol. The Bertz CT molecular complexity index is 879. The Kier molecular flexibility index (Phi) is 3.98. The molecule has 9 nitrogen and oxygen atoms in total. The van der Waals surface area contributed by atoms with E-state index in [0.29, 0.717) is 21.2 Å².